The van der Waals surface area contributed by atoms with Crippen molar-refractivity contribution >= 4 is 46.4 Å². The lowest BCUT2D eigenvalue weighted by Gasteiger charge is -2.13. The van der Waals surface area contributed by atoms with Gasteiger partial charge in [0.2, 0.25) is 5.91 Å². The van der Waals surface area contributed by atoms with Crippen molar-refractivity contribution < 1.29 is 14.0 Å². The molecule has 12 heteroatoms. The molecule has 4 rings (SSSR count). The van der Waals surface area contributed by atoms with Crippen LogP contribution in [-0.4, -0.2) is 36.8 Å². The molecular formula is C22H16Cl2FN7O2. The SMILES string of the molecule is CCC(=O)Nc1cnccc1-c1cc(Cl)c(C(=O)Nc2cnc(-n3nccn3)c(Cl)c2)cc1F. The average molecular weight is 500 g/mol. The first kappa shape index (κ1) is 23.3. The largest absolute Gasteiger partial charge is 0.324 e. The van der Waals surface area contributed by atoms with E-state index in [0.717, 1.165) is 6.07 Å². The zero-order valence-electron chi connectivity index (χ0n) is 17.6. The molecule has 0 saturated carbocycles. The minimum Gasteiger partial charge on any atom is -0.324 e. The van der Waals surface area contributed by atoms with Gasteiger partial charge in [-0.15, -0.1) is 4.80 Å². The van der Waals surface area contributed by atoms with E-state index in [1.807, 2.05) is 0 Å². The van der Waals surface area contributed by atoms with Crippen molar-refractivity contribution in [3.05, 3.63) is 76.7 Å². The molecule has 2 amide bonds. The number of carbonyl (C=O) groups excluding carboxylic acids is 2. The number of anilines is 2. The topological polar surface area (TPSA) is 115 Å². The highest BCUT2D eigenvalue weighted by molar-refractivity contribution is 6.35. The second-order valence-corrected chi connectivity index (χ2v) is 7.75. The van der Waals surface area contributed by atoms with Gasteiger partial charge in [-0.1, -0.05) is 30.1 Å². The third-order valence-corrected chi connectivity index (χ3v) is 5.29. The van der Waals surface area contributed by atoms with Gasteiger partial charge in [-0.25, -0.2) is 9.37 Å². The van der Waals surface area contributed by atoms with Crippen LogP contribution in [0.4, 0.5) is 15.8 Å². The summed E-state index contributed by atoms with van der Waals surface area (Å²) in [6, 6.07) is 5.35. The maximum absolute atomic E-state index is 15.1. The van der Waals surface area contributed by atoms with E-state index in [4.69, 9.17) is 23.2 Å². The summed E-state index contributed by atoms with van der Waals surface area (Å²) in [6.45, 7) is 1.70. The number of amides is 2. The number of nitrogens with zero attached hydrogens (tertiary/aromatic N) is 5. The summed E-state index contributed by atoms with van der Waals surface area (Å²) in [5, 5.41) is 13.4. The predicted molar refractivity (Wildman–Crippen MR) is 126 cm³/mol. The molecule has 0 aliphatic rings. The van der Waals surface area contributed by atoms with Crippen molar-refractivity contribution in [3.8, 4) is 16.9 Å². The molecule has 3 heterocycles. The molecule has 34 heavy (non-hydrogen) atoms. The number of carbonyl (C=O) groups is 2. The van der Waals surface area contributed by atoms with Gasteiger partial charge in [-0.3, -0.25) is 14.6 Å². The van der Waals surface area contributed by atoms with Crippen LogP contribution in [0.25, 0.3) is 16.9 Å². The van der Waals surface area contributed by atoms with E-state index in [9.17, 15) is 9.59 Å². The van der Waals surface area contributed by atoms with E-state index in [2.05, 4.69) is 30.8 Å². The third-order valence-electron chi connectivity index (χ3n) is 4.70. The molecule has 0 spiro atoms. The Morgan fingerprint density at radius 3 is 2.47 bits per heavy atom. The average Bonchev–Trinajstić information content (AvgIpc) is 3.35. The first-order valence-corrected chi connectivity index (χ1v) is 10.7. The summed E-state index contributed by atoms with van der Waals surface area (Å²) >= 11 is 12.6. The van der Waals surface area contributed by atoms with Gasteiger partial charge in [0.05, 0.1) is 51.8 Å². The predicted octanol–water partition coefficient (Wildman–Crippen LogP) is 4.77. The molecule has 4 aromatic rings. The van der Waals surface area contributed by atoms with Gasteiger partial charge in [0, 0.05) is 23.7 Å². The van der Waals surface area contributed by atoms with Crippen molar-refractivity contribution in [1.29, 1.82) is 0 Å². The standard InChI is InChI=1S/C22H16Cl2FN7O2/c1-2-20(33)31-19-11-26-4-3-13(19)14-8-16(23)15(9-18(14)25)22(34)30-12-7-17(24)21(27-10-12)32-28-5-6-29-32/h3-11H,2H2,1H3,(H,30,34)(H,31,33). The second-order valence-electron chi connectivity index (χ2n) is 6.94. The van der Waals surface area contributed by atoms with Crippen LogP contribution in [0.3, 0.4) is 0 Å². The Balaban J connectivity index is 1.60. The van der Waals surface area contributed by atoms with Gasteiger partial charge in [-0.05, 0) is 24.3 Å². The van der Waals surface area contributed by atoms with Crippen LogP contribution in [0.2, 0.25) is 10.0 Å². The monoisotopic (exact) mass is 499 g/mol. The van der Waals surface area contributed by atoms with Gasteiger partial charge >= 0.3 is 0 Å². The number of benzene rings is 1. The molecule has 9 nitrogen and oxygen atoms in total. The van der Waals surface area contributed by atoms with Gasteiger partial charge in [0.15, 0.2) is 5.82 Å². The highest BCUT2D eigenvalue weighted by Crippen LogP contribution is 2.33. The van der Waals surface area contributed by atoms with Gasteiger partial charge < -0.3 is 10.6 Å². The minimum atomic E-state index is -0.705. The summed E-state index contributed by atoms with van der Waals surface area (Å²) in [4.78, 5) is 33.9. The molecule has 0 fully saturated rings. The molecule has 0 bridgehead atoms. The zero-order valence-corrected chi connectivity index (χ0v) is 19.1. The molecule has 0 aliphatic carbocycles. The van der Waals surface area contributed by atoms with E-state index in [1.165, 1.54) is 47.9 Å². The lowest BCUT2D eigenvalue weighted by molar-refractivity contribution is -0.115. The summed E-state index contributed by atoms with van der Waals surface area (Å²) in [5.74, 6) is -1.34. The summed E-state index contributed by atoms with van der Waals surface area (Å²) in [5.41, 5.74) is 0.988. The van der Waals surface area contributed by atoms with Crippen LogP contribution >= 0.6 is 23.2 Å². The highest BCUT2D eigenvalue weighted by Gasteiger charge is 2.19. The fourth-order valence-electron chi connectivity index (χ4n) is 3.06. The van der Waals surface area contributed by atoms with E-state index >= 15 is 4.39 Å². The highest BCUT2D eigenvalue weighted by atomic mass is 35.5. The number of hydrogen-bond acceptors (Lipinski definition) is 6. The van der Waals surface area contributed by atoms with Crippen molar-refractivity contribution in [3.63, 3.8) is 0 Å². The normalized spacial score (nSPS) is 10.7. The van der Waals surface area contributed by atoms with Crippen LogP contribution in [0.1, 0.15) is 23.7 Å². The Labute approximate surface area is 202 Å². The summed E-state index contributed by atoms with van der Waals surface area (Å²) < 4.78 is 15.1. The first-order chi connectivity index (χ1) is 16.4. The molecule has 0 aliphatic heterocycles. The van der Waals surface area contributed by atoms with Crippen LogP contribution in [-0.2, 0) is 4.79 Å². The molecule has 0 radical (unpaired) electrons. The van der Waals surface area contributed by atoms with Crippen LogP contribution in [0, 0.1) is 5.82 Å². The fourth-order valence-corrected chi connectivity index (χ4v) is 3.56. The number of nitrogens with one attached hydrogen (secondary N) is 2. The molecule has 2 N–H and O–H groups in total. The molecule has 172 valence electrons. The molecule has 1 aromatic carbocycles. The number of rotatable bonds is 6. The Morgan fingerprint density at radius 2 is 1.76 bits per heavy atom. The van der Waals surface area contributed by atoms with E-state index in [1.54, 1.807) is 13.0 Å². The van der Waals surface area contributed by atoms with Crippen LogP contribution < -0.4 is 10.6 Å². The number of hydrogen-bond donors (Lipinski definition) is 2. The lowest BCUT2D eigenvalue weighted by atomic mass is 10.0. The quantitative estimate of drug-likeness (QED) is 0.394. The Morgan fingerprint density at radius 1 is 1.00 bits per heavy atom. The molecule has 0 saturated heterocycles. The smallest absolute Gasteiger partial charge is 0.257 e. The van der Waals surface area contributed by atoms with E-state index < -0.39 is 11.7 Å². The van der Waals surface area contributed by atoms with Crippen molar-refractivity contribution in [2.45, 2.75) is 13.3 Å². The zero-order chi connectivity index (χ0) is 24.2. The second kappa shape index (κ2) is 9.94. The Kier molecular flexibility index (Phi) is 6.80. The van der Waals surface area contributed by atoms with Crippen molar-refractivity contribution in [2.75, 3.05) is 10.6 Å². The molecular weight excluding hydrogens is 484 g/mol. The lowest BCUT2D eigenvalue weighted by Crippen LogP contribution is -2.14. The number of aromatic nitrogens is 5. The maximum Gasteiger partial charge on any atom is 0.257 e. The van der Waals surface area contributed by atoms with Gasteiger partial charge in [0.1, 0.15) is 5.82 Å². The fraction of sp³-hybridized carbons (Fsp3) is 0.0909. The summed E-state index contributed by atoms with van der Waals surface area (Å²) in [7, 11) is 0. The maximum atomic E-state index is 15.1. The van der Waals surface area contributed by atoms with Gasteiger partial charge in [0.25, 0.3) is 5.91 Å². The van der Waals surface area contributed by atoms with E-state index in [0.29, 0.717) is 11.3 Å². The molecule has 3 aromatic heterocycles. The number of halogens is 3. The Bertz CT molecular complexity index is 1380. The Hall–Kier alpha value is -3.89. The number of pyridine rings is 2. The minimum absolute atomic E-state index is 0.00916. The van der Waals surface area contributed by atoms with Crippen molar-refractivity contribution in [2.24, 2.45) is 0 Å². The van der Waals surface area contributed by atoms with Crippen molar-refractivity contribution in [1.82, 2.24) is 25.0 Å². The van der Waals surface area contributed by atoms with Crippen LogP contribution in [0.5, 0.6) is 0 Å². The van der Waals surface area contributed by atoms with Gasteiger partial charge in [-0.2, -0.15) is 10.2 Å². The van der Waals surface area contributed by atoms with Crippen LogP contribution in [0.15, 0.2) is 55.2 Å². The molecule has 0 atom stereocenters. The summed E-state index contributed by atoms with van der Waals surface area (Å²) in [6.07, 6.45) is 7.43. The third kappa shape index (κ3) is 4.87. The molecule has 0 unspecified atom stereocenters. The first-order valence-electron chi connectivity index (χ1n) is 9.94. The van der Waals surface area contributed by atoms with E-state index in [-0.39, 0.29) is 45.0 Å².